The van der Waals surface area contributed by atoms with E-state index in [-0.39, 0.29) is 23.9 Å². The number of halogens is 1. The number of nitrogens with zero attached hydrogens (tertiary/aromatic N) is 4. The first-order chi connectivity index (χ1) is 22.0. The predicted octanol–water partition coefficient (Wildman–Crippen LogP) is 3.36. The lowest BCUT2D eigenvalue weighted by Crippen LogP contribution is -2.55. The topological polar surface area (TPSA) is 129 Å². The molecule has 246 valence electrons. The number of anilines is 1. The number of benzene rings is 2. The Hall–Kier alpha value is -4.58. The molecule has 46 heavy (non-hydrogen) atoms. The molecule has 1 aliphatic heterocycles. The summed E-state index contributed by atoms with van der Waals surface area (Å²) in [4.78, 5) is 56.7. The Labute approximate surface area is 269 Å². The fraction of sp³-hybridized carbons (Fsp3) is 0.441. The average Bonchev–Trinajstić information content (AvgIpc) is 3.56. The van der Waals surface area contributed by atoms with Crippen LogP contribution in [0.25, 0.3) is 0 Å². The maximum absolute atomic E-state index is 15.6. The molecule has 0 saturated carbocycles. The number of carbonyl (C=O) groups excluding carboxylic acids is 4. The van der Waals surface area contributed by atoms with Crippen LogP contribution < -0.4 is 16.0 Å². The van der Waals surface area contributed by atoms with Gasteiger partial charge in [0, 0.05) is 57.2 Å². The van der Waals surface area contributed by atoms with E-state index in [0.717, 1.165) is 18.7 Å². The Morgan fingerprint density at radius 2 is 1.54 bits per heavy atom. The molecule has 1 fully saturated rings. The van der Waals surface area contributed by atoms with Gasteiger partial charge in [-0.3, -0.25) is 23.9 Å². The molecule has 1 unspecified atom stereocenters. The molecule has 1 aliphatic rings. The van der Waals surface area contributed by atoms with Crippen LogP contribution in [0.1, 0.15) is 67.6 Å². The second-order valence-corrected chi connectivity index (χ2v) is 11.7. The molecule has 2 heterocycles. The Morgan fingerprint density at radius 3 is 2.17 bits per heavy atom. The fourth-order valence-electron chi connectivity index (χ4n) is 5.58. The Balaban J connectivity index is 1.55. The van der Waals surface area contributed by atoms with Gasteiger partial charge in [-0.05, 0) is 43.3 Å². The number of piperazine rings is 1. The summed E-state index contributed by atoms with van der Waals surface area (Å²) in [6.45, 7) is 10.2. The minimum absolute atomic E-state index is 0.0707. The first kappa shape index (κ1) is 34.3. The number of rotatable bonds is 12. The van der Waals surface area contributed by atoms with Crippen molar-refractivity contribution in [2.45, 2.75) is 64.6 Å². The van der Waals surface area contributed by atoms with Crippen molar-refractivity contribution < 1.29 is 23.6 Å². The number of amides is 4. The van der Waals surface area contributed by atoms with Crippen LogP contribution in [0.5, 0.6) is 0 Å². The zero-order chi connectivity index (χ0) is 33.4. The summed E-state index contributed by atoms with van der Waals surface area (Å²) in [7, 11) is 1.99. The Morgan fingerprint density at radius 1 is 0.870 bits per heavy atom. The second kappa shape index (κ2) is 15.6. The highest BCUT2D eigenvalue weighted by Gasteiger charge is 2.34. The van der Waals surface area contributed by atoms with Crippen LogP contribution in [0, 0.1) is 5.82 Å². The van der Waals surface area contributed by atoms with Gasteiger partial charge in [0.1, 0.15) is 23.6 Å². The SMILES string of the molecule is CCC(=O)N[C@@H](C(=O)N1CCN(C)CC1)[C@@H](C)c1ccc(NC(=O)C(NC(=O)c2ccnn2CC)[C@H](C)c2ccccc2)c(F)c1. The summed E-state index contributed by atoms with van der Waals surface area (Å²) < 4.78 is 17.2. The van der Waals surface area contributed by atoms with Crippen LogP contribution in [0.3, 0.4) is 0 Å². The maximum Gasteiger partial charge on any atom is 0.270 e. The first-order valence-corrected chi connectivity index (χ1v) is 15.8. The van der Waals surface area contributed by atoms with Gasteiger partial charge in [-0.1, -0.05) is 57.2 Å². The normalized spacial score (nSPS) is 16.2. The molecular formula is C34H44FN7O4. The van der Waals surface area contributed by atoms with E-state index < -0.39 is 41.6 Å². The number of hydrogen-bond acceptors (Lipinski definition) is 6. The van der Waals surface area contributed by atoms with E-state index in [0.29, 0.717) is 30.9 Å². The van der Waals surface area contributed by atoms with E-state index in [1.165, 1.54) is 23.0 Å². The molecule has 1 aromatic heterocycles. The highest BCUT2D eigenvalue weighted by molar-refractivity contribution is 6.01. The lowest BCUT2D eigenvalue weighted by Gasteiger charge is -2.36. The third-order valence-electron chi connectivity index (χ3n) is 8.64. The monoisotopic (exact) mass is 633 g/mol. The van der Waals surface area contributed by atoms with Gasteiger partial charge in [-0.15, -0.1) is 0 Å². The van der Waals surface area contributed by atoms with Gasteiger partial charge >= 0.3 is 0 Å². The molecule has 4 atom stereocenters. The quantitative estimate of drug-likeness (QED) is 0.281. The smallest absolute Gasteiger partial charge is 0.270 e. The van der Waals surface area contributed by atoms with Gasteiger partial charge in [0.05, 0.1) is 5.69 Å². The lowest BCUT2D eigenvalue weighted by molar-refractivity contribution is -0.138. The lowest BCUT2D eigenvalue weighted by atomic mass is 9.91. The molecule has 12 heteroatoms. The maximum atomic E-state index is 15.6. The summed E-state index contributed by atoms with van der Waals surface area (Å²) >= 11 is 0. The van der Waals surface area contributed by atoms with Gasteiger partial charge in [0.25, 0.3) is 5.91 Å². The zero-order valence-corrected chi connectivity index (χ0v) is 27.1. The first-order valence-electron chi connectivity index (χ1n) is 15.8. The third kappa shape index (κ3) is 8.16. The molecule has 4 rings (SSSR count). The molecule has 11 nitrogen and oxygen atoms in total. The highest BCUT2D eigenvalue weighted by atomic mass is 19.1. The number of nitrogens with one attached hydrogen (secondary N) is 3. The minimum Gasteiger partial charge on any atom is -0.344 e. The van der Waals surface area contributed by atoms with Gasteiger partial charge in [0.2, 0.25) is 17.7 Å². The van der Waals surface area contributed by atoms with E-state index >= 15 is 4.39 Å². The van der Waals surface area contributed by atoms with Crippen LogP contribution >= 0.6 is 0 Å². The molecule has 0 spiro atoms. The summed E-state index contributed by atoms with van der Waals surface area (Å²) in [6, 6.07) is 13.3. The molecule has 0 radical (unpaired) electrons. The molecule has 1 saturated heterocycles. The predicted molar refractivity (Wildman–Crippen MR) is 174 cm³/mol. The minimum atomic E-state index is -1.04. The third-order valence-corrected chi connectivity index (χ3v) is 8.64. The number of aryl methyl sites for hydroxylation is 1. The molecule has 2 aromatic carbocycles. The van der Waals surface area contributed by atoms with Crippen LogP contribution in [0.4, 0.5) is 10.1 Å². The van der Waals surface area contributed by atoms with Crippen LogP contribution in [-0.4, -0.2) is 88.5 Å². The van der Waals surface area contributed by atoms with Crippen LogP contribution in [0.2, 0.25) is 0 Å². The zero-order valence-electron chi connectivity index (χ0n) is 27.1. The van der Waals surface area contributed by atoms with E-state index in [1.54, 1.807) is 30.9 Å². The van der Waals surface area contributed by atoms with Crippen LogP contribution in [0.15, 0.2) is 60.8 Å². The van der Waals surface area contributed by atoms with Crippen molar-refractivity contribution in [1.29, 1.82) is 0 Å². The average molecular weight is 634 g/mol. The van der Waals surface area contributed by atoms with Crippen molar-refractivity contribution >= 4 is 29.3 Å². The molecular weight excluding hydrogens is 589 g/mol. The number of aromatic nitrogens is 2. The summed E-state index contributed by atoms with van der Waals surface area (Å²) in [5.41, 5.74) is 1.55. The standard InChI is InChI=1S/C34H44FN7O4/c1-6-29(43)38-31(34(46)41-19-17-40(5)18-20-41)23(4)25-13-14-27(26(35)21-25)37-33(45)30(22(3)24-11-9-8-10-12-24)39-32(44)28-15-16-36-42(28)7-2/h8-16,21-23,30-31H,6-7,17-20H2,1-5H3,(H,37,45)(H,38,43)(H,39,44)/t22-,23+,30?,31-/m1/s1. The number of likely N-dealkylation sites (N-methyl/N-ethyl adjacent to an activating group) is 1. The van der Waals surface area contributed by atoms with E-state index in [9.17, 15) is 19.2 Å². The second-order valence-electron chi connectivity index (χ2n) is 11.7. The molecule has 3 aromatic rings. The fourth-order valence-corrected chi connectivity index (χ4v) is 5.58. The molecule has 4 amide bonds. The Kier molecular flexibility index (Phi) is 11.6. The molecule has 0 bridgehead atoms. The highest BCUT2D eigenvalue weighted by Crippen LogP contribution is 2.27. The van der Waals surface area contributed by atoms with E-state index in [4.69, 9.17) is 0 Å². The summed E-state index contributed by atoms with van der Waals surface area (Å²) in [6.07, 6.45) is 1.72. The van der Waals surface area contributed by atoms with Crippen molar-refractivity contribution in [2.24, 2.45) is 0 Å². The van der Waals surface area contributed by atoms with Crippen molar-refractivity contribution in [3.8, 4) is 0 Å². The van der Waals surface area contributed by atoms with Crippen molar-refractivity contribution in [3.63, 3.8) is 0 Å². The van der Waals surface area contributed by atoms with Gasteiger partial charge in [-0.2, -0.15) is 5.10 Å². The van der Waals surface area contributed by atoms with Gasteiger partial charge in [0.15, 0.2) is 0 Å². The van der Waals surface area contributed by atoms with Crippen LogP contribution in [-0.2, 0) is 20.9 Å². The summed E-state index contributed by atoms with van der Waals surface area (Å²) in [5.74, 6) is -3.25. The molecule has 0 aliphatic carbocycles. The number of hydrogen-bond donors (Lipinski definition) is 3. The van der Waals surface area contributed by atoms with Crippen molar-refractivity contribution in [2.75, 3.05) is 38.5 Å². The van der Waals surface area contributed by atoms with Gasteiger partial charge in [-0.25, -0.2) is 4.39 Å². The largest absolute Gasteiger partial charge is 0.344 e. The Bertz CT molecular complexity index is 1520. The van der Waals surface area contributed by atoms with E-state index in [2.05, 4.69) is 25.9 Å². The molecule has 3 N–H and O–H groups in total. The van der Waals surface area contributed by atoms with Gasteiger partial charge < -0.3 is 25.8 Å². The van der Waals surface area contributed by atoms with E-state index in [1.807, 2.05) is 51.2 Å². The van der Waals surface area contributed by atoms with Crippen molar-refractivity contribution in [1.82, 2.24) is 30.2 Å². The number of carbonyl (C=O) groups is 4. The summed E-state index contributed by atoms with van der Waals surface area (Å²) in [5, 5.41) is 12.5. The van der Waals surface area contributed by atoms with Crippen molar-refractivity contribution in [3.05, 3.63) is 83.4 Å².